The van der Waals surface area contributed by atoms with Gasteiger partial charge in [-0.3, -0.25) is 19.7 Å². The number of hydrogen-bond acceptors (Lipinski definition) is 6. The van der Waals surface area contributed by atoms with Crippen LogP contribution >= 0.6 is 0 Å². The van der Waals surface area contributed by atoms with Gasteiger partial charge in [0.25, 0.3) is 5.91 Å². The Morgan fingerprint density at radius 3 is 2.53 bits per heavy atom. The molecule has 0 fully saturated rings. The molecule has 2 rings (SSSR count). The van der Waals surface area contributed by atoms with E-state index in [-0.39, 0.29) is 0 Å². The number of amides is 1. The number of carbonyl (C=O) groups is 2. The summed E-state index contributed by atoms with van der Waals surface area (Å²) in [7, 11) is 0. The Balaban J connectivity index is 2.79. The average Bonchev–Trinajstić information content (AvgIpc) is 2.27. The fourth-order valence-electron chi connectivity index (χ4n) is 1.59. The van der Waals surface area contributed by atoms with Gasteiger partial charge >= 0.3 is 5.69 Å². The Kier molecular flexibility index (Phi) is 2.70. The summed E-state index contributed by atoms with van der Waals surface area (Å²) in [6.45, 7) is 0. The predicted molar refractivity (Wildman–Crippen MR) is 55.2 cm³/mol. The van der Waals surface area contributed by atoms with Crippen LogP contribution in [0, 0.1) is 21.7 Å². The van der Waals surface area contributed by atoms with Gasteiger partial charge in [-0.05, 0) is 0 Å². The molecule has 1 heterocycles. The molecule has 0 bridgehead atoms. The first-order chi connectivity index (χ1) is 8.88. The summed E-state index contributed by atoms with van der Waals surface area (Å²) < 4.78 is 27.1. The summed E-state index contributed by atoms with van der Waals surface area (Å²) in [5.74, 6) is -5.83. The molecular formula is C9H3F2N3O5. The molecular weight excluding hydrogens is 268 g/mol. The van der Waals surface area contributed by atoms with Crippen LogP contribution in [-0.4, -0.2) is 27.5 Å². The summed E-state index contributed by atoms with van der Waals surface area (Å²) in [4.78, 5) is 32.0. The molecule has 0 aromatic heterocycles. The average molecular weight is 271 g/mol. The van der Waals surface area contributed by atoms with Crippen molar-refractivity contribution in [2.45, 2.75) is 0 Å². The highest BCUT2D eigenvalue weighted by Gasteiger charge is 2.38. The van der Waals surface area contributed by atoms with Gasteiger partial charge in [-0.2, -0.15) is 8.78 Å². The lowest BCUT2D eigenvalue weighted by atomic mass is 9.98. The smallest absolute Gasteiger partial charge is 0.341 e. The number of hydrogen-bond donors (Lipinski definition) is 2. The number of nitro groups is 1. The third kappa shape index (κ3) is 1.69. The van der Waals surface area contributed by atoms with Crippen LogP contribution in [0.4, 0.5) is 20.2 Å². The minimum atomic E-state index is -1.74. The fourth-order valence-corrected chi connectivity index (χ4v) is 1.59. The van der Waals surface area contributed by atoms with E-state index in [9.17, 15) is 28.5 Å². The maximum Gasteiger partial charge on any atom is 0.341 e. The molecule has 10 heteroatoms. The van der Waals surface area contributed by atoms with Crippen molar-refractivity contribution in [2.24, 2.45) is 5.16 Å². The number of anilines is 1. The number of fused-ring (bicyclic) bond motifs is 1. The van der Waals surface area contributed by atoms with Crippen LogP contribution in [0.3, 0.4) is 0 Å². The van der Waals surface area contributed by atoms with E-state index in [2.05, 4.69) is 5.16 Å². The summed E-state index contributed by atoms with van der Waals surface area (Å²) in [6, 6.07) is 0.445. The zero-order chi connectivity index (χ0) is 14.3. The Morgan fingerprint density at radius 2 is 2.00 bits per heavy atom. The summed E-state index contributed by atoms with van der Waals surface area (Å²) in [6.07, 6.45) is 0. The maximum absolute atomic E-state index is 13.8. The van der Waals surface area contributed by atoms with Gasteiger partial charge < -0.3 is 10.5 Å². The fraction of sp³-hybridized carbons (Fsp3) is 0. The molecule has 1 aliphatic rings. The molecule has 0 unspecified atom stereocenters. The summed E-state index contributed by atoms with van der Waals surface area (Å²) in [5, 5.41) is 23.2. The third-order valence-electron chi connectivity index (χ3n) is 2.38. The van der Waals surface area contributed by atoms with E-state index in [0.717, 1.165) is 0 Å². The van der Waals surface area contributed by atoms with Crippen molar-refractivity contribution in [3.05, 3.63) is 33.4 Å². The van der Waals surface area contributed by atoms with E-state index in [1.807, 2.05) is 5.32 Å². The number of carbonyl (C=O) groups excluding carboxylic acids is 2. The Labute approximate surface area is 102 Å². The van der Waals surface area contributed by atoms with E-state index >= 15 is 0 Å². The van der Waals surface area contributed by atoms with Crippen molar-refractivity contribution in [2.75, 3.05) is 5.32 Å². The van der Waals surface area contributed by atoms with Gasteiger partial charge in [0.15, 0.2) is 0 Å². The Hall–Kier alpha value is -2.91. The van der Waals surface area contributed by atoms with E-state index in [4.69, 9.17) is 5.21 Å². The summed E-state index contributed by atoms with van der Waals surface area (Å²) in [5.41, 5.74) is -4.07. The number of nitrogens with zero attached hydrogens (tertiary/aromatic N) is 2. The molecule has 19 heavy (non-hydrogen) atoms. The van der Waals surface area contributed by atoms with Gasteiger partial charge in [0.05, 0.1) is 16.2 Å². The van der Waals surface area contributed by atoms with Crippen molar-refractivity contribution in [3.8, 4) is 0 Å². The Morgan fingerprint density at radius 1 is 1.37 bits per heavy atom. The van der Waals surface area contributed by atoms with E-state index < -0.39 is 50.9 Å². The molecule has 0 saturated carbocycles. The van der Waals surface area contributed by atoms with Crippen LogP contribution in [0.5, 0.6) is 0 Å². The van der Waals surface area contributed by atoms with Crippen LogP contribution < -0.4 is 5.32 Å². The normalized spacial score (nSPS) is 16.2. The maximum atomic E-state index is 13.8. The van der Waals surface area contributed by atoms with Gasteiger partial charge in [0.1, 0.15) is 0 Å². The minimum absolute atomic E-state index is 0.445. The number of halogens is 2. The largest absolute Gasteiger partial charge is 0.410 e. The second kappa shape index (κ2) is 4.08. The molecule has 0 spiro atoms. The molecule has 1 aromatic rings. The standard InChI is InChI=1S/C9H3F2N3O5/c10-2-1-3-4(5(11)7(2)14(18)19)8(15)6(13-17)9(16)12-3/h1,17H,(H,12,16)/b13-6-. The lowest BCUT2D eigenvalue weighted by molar-refractivity contribution is -0.390. The van der Waals surface area contributed by atoms with Crippen LogP contribution in [0.2, 0.25) is 0 Å². The van der Waals surface area contributed by atoms with Crippen molar-refractivity contribution in [1.82, 2.24) is 0 Å². The second-order valence-electron chi connectivity index (χ2n) is 3.43. The van der Waals surface area contributed by atoms with Crippen LogP contribution in [-0.2, 0) is 4.79 Å². The highest BCUT2D eigenvalue weighted by atomic mass is 19.1. The number of rotatable bonds is 1. The lowest BCUT2D eigenvalue weighted by Gasteiger charge is -2.16. The molecule has 8 nitrogen and oxygen atoms in total. The van der Waals surface area contributed by atoms with Crippen molar-refractivity contribution in [3.63, 3.8) is 0 Å². The number of oxime groups is 1. The number of ketones is 1. The second-order valence-corrected chi connectivity index (χ2v) is 3.43. The van der Waals surface area contributed by atoms with Gasteiger partial charge in [-0.15, -0.1) is 0 Å². The van der Waals surface area contributed by atoms with Gasteiger partial charge in [0.2, 0.25) is 23.1 Å². The van der Waals surface area contributed by atoms with Gasteiger partial charge in [-0.1, -0.05) is 5.16 Å². The number of nitrogens with one attached hydrogen (secondary N) is 1. The molecule has 0 atom stereocenters. The molecule has 2 N–H and O–H groups in total. The van der Waals surface area contributed by atoms with Gasteiger partial charge in [0, 0.05) is 6.07 Å². The van der Waals surface area contributed by atoms with Crippen molar-refractivity contribution >= 4 is 28.8 Å². The monoisotopic (exact) mass is 271 g/mol. The first-order valence-corrected chi connectivity index (χ1v) is 4.63. The van der Waals surface area contributed by atoms with E-state index in [1.54, 1.807) is 0 Å². The van der Waals surface area contributed by atoms with Crippen LogP contribution in [0.15, 0.2) is 11.2 Å². The Bertz CT molecular complexity index is 670. The minimum Gasteiger partial charge on any atom is -0.410 e. The molecule has 0 aliphatic carbocycles. The zero-order valence-corrected chi connectivity index (χ0v) is 8.81. The van der Waals surface area contributed by atoms with Crippen molar-refractivity contribution in [1.29, 1.82) is 0 Å². The van der Waals surface area contributed by atoms with E-state index in [0.29, 0.717) is 6.07 Å². The zero-order valence-electron chi connectivity index (χ0n) is 8.81. The van der Waals surface area contributed by atoms with Gasteiger partial charge in [-0.25, -0.2) is 0 Å². The van der Waals surface area contributed by atoms with Crippen LogP contribution in [0.25, 0.3) is 0 Å². The third-order valence-corrected chi connectivity index (χ3v) is 2.38. The van der Waals surface area contributed by atoms with E-state index in [1.165, 1.54) is 0 Å². The molecule has 98 valence electrons. The molecule has 1 amide bonds. The van der Waals surface area contributed by atoms with Crippen molar-refractivity contribution < 1.29 is 28.5 Å². The first-order valence-electron chi connectivity index (χ1n) is 4.63. The highest BCUT2D eigenvalue weighted by molar-refractivity contribution is 6.72. The molecule has 0 saturated heterocycles. The SMILES string of the molecule is O=C1Nc2cc(F)c([N+](=O)[O-])c(F)c2C(=O)/C1=N/O. The topological polar surface area (TPSA) is 122 Å². The molecule has 0 radical (unpaired) electrons. The number of Topliss-reactive ketones (excluding diaryl/α,β-unsaturated/α-hetero) is 1. The molecule has 1 aromatic carbocycles. The highest BCUT2D eigenvalue weighted by Crippen LogP contribution is 2.33. The first kappa shape index (κ1) is 12.5. The summed E-state index contributed by atoms with van der Waals surface area (Å²) >= 11 is 0. The quantitative estimate of drug-likeness (QED) is 0.445. The van der Waals surface area contributed by atoms with Crippen LogP contribution in [0.1, 0.15) is 10.4 Å². The lowest BCUT2D eigenvalue weighted by Crippen LogP contribution is -2.36. The molecule has 1 aliphatic heterocycles. The number of nitro benzene ring substituents is 1. The predicted octanol–water partition coefficient (Wildman–Crippen LogP) is 0.838. The number of benzene rings is 1.